The summed E-state index contributed by atoms with van der Waals surface area (Å²) in [5.74, 6) is 0.304. The van der Waals surface area contributed by atoms with Gasteiger partial charge in [-0.3, -0.25) is 4.79 Å². The van der Waals surface area contributed by atoms with Crippen molar-refractivity contribution in [1.29, 1.82) is 0 Å². The first kappa shape index (κ1) is 24.2. The normalized spacial score (nSPS) is 12.6. The van der Waals surface area contributed by atoms with E-state index in [1.54, 1.807) is 60.4 Å². The number of rotatable bonds is 5. The van der Waals surface area contributed by atoms with E-state index in [0.717, 1.165) is 5.69 Å². The van der Waals surface area contributed by atoms with E-state index >= 15 is 0 Å². The molecule has 0 fully saturated rings. The predicted octanol–water partition coefficient (Wildman–Crippen LogP) is 6.82. The van der Waals surface area contributed by atoms with Crippen LogP contribution in [0.25, 0.3) is 11.4 Å². The van der Waals surface area contributed by atoms with Crippen LogP contribution >= 0.6 is 34.8 Å². The molecule has 1 N–H and O–H groups in total. The zero-order valence-electron chi connectivity index (χ0n) is 19.0. The van der Waals surface area contributed by atoms with Crippen molar-refractivity contribution in [2.75, 3.05) is 23.1 Å². The van der Waals surface area contributed by atoms with Crippen LogP contribution in [0.3, 0.4) is 0 Å². The summed E-state index contributed by atoms with van der Waals surface area (Å²) in [6, 6.07) is 19.1. The van der Waals surface area contributed by atoms with Crippen molar-refractivity contribution in [2.45, 2.75) is 6.92 Å². The molecule has 0 spiro atoms. The average molecular weight is 542 g/mol. The second kappa shape index (κ2) is 9.85. The highest BCUT2D eigenvalue weighted by Gasteiger charge is 2.33. The largest absolute Gasteiger partial charge is 0.462 e. The molecule has 182 valence electrons. The van der Waals surface area contributed by atoms with Gasteiger partial charge in [-0.1, -0.05) is 40.9 Å². The van der Waals surface area contributed by atoms with Crippen molar-refractivity contribution in [3.63, 3.8) is 0 Å². The molecule has 3 aromatic carbocycles. The summed E-state index contributed by atoms with van der Waals surface area (Å²) in [4.78, 5) is 37.1. The lowest BCUT2D eigenvalue weighted by atomic mass is 10.2. The van der Waals surface area contributed by atoms with Gasteiger partial charge in [0.1, 0.15) is 12.5 Å². The molecule has 0 amide bonds. The maximum atomic E-state index is 13.5. The SMILES string of the molecule is CCOC(=O)c1cccc(N2CN(c3ccc(Cl)cc3)c3nc(-c4ccc(Cl)cc4Cl)[nH]c(=O)c32)c1. The molecule has 36 heavy (non-hydrogen) atoms. The number of aromatic nitrogens is 2. The summed E-state index contributed by atoms with van der Waals surface area (Å²) in [6.45, 7) is 2.29. The third-order valence-corrected chi connectivity index (χ3v) is 6.48. The molecule has 0 saturated heterocycles. The van der Waals surface area contributed by atoms with Crippen LogP contribution in [0.15, 0.2) is 71.5 Å². The van der Waals surface area contributed by atoms with Crippen LogP contribution in [-0.2, 0) is 4.74 Å². The number of H-pyrrole nitrogens is 1. The molecular weight excluding hydrogens is 523 g/mol. The Morgan fingerprint density at radius 1 is 0.972 bits per heavy atom. The summed E-state index contributed by atoms with van der Waals surface area (Å²) in [5.41, 5.74) is 2.33. The predicted molar refractivity (Wildman–Crippen MR) is 143 cm³/mol. The number of hydrogen-bond acceptors (Lipinski definition) is 6. The van der Waals surface area contributed by atoms with Crippen LogP contribution in [0.5, 0.6) is 0 Å². The highest BCUT2D eigenvalue weighted by molar-refractivity contribution is 6.36. The van der Waals surface area contributed by atoms with Gasteiger partial charge in [0, 0.05) is 27.0 Å². The van der Waals surface area contributed by atoms with Crippen molar-refractivity contribution >= 4 is 63.7 Å². The highest BCUT2D eigenvalue weighted by Crippen LogP contribution is 2.42. The zero-order chi connectivity index (χ0) is 25.4. The van der Waals surface area contributed by atoms with E-state index in [4.69, 9.17) is 44.5 Å². The summed E-state index contributed by atoms with van der Waals surface area (Å²) in [6.07, 6.45) is 0. The fraction of sp³-hybridized carbons (Fsp3) is 0.115. The molecule has 1 aliphatic rings. The summed E-state index contributed by atoms with van der Waals surface area (Å²) in [5, 5.41) is 1.42. The van der Waals surface area contributed by atoms with Gasteiger partial charge in [0.05, 0.1) is 17.2 Å². The lowest BCUT2D eigenvalue weighted by molar-refractivity contribution is 0.0526. The first-order valence-electron chi connectivity index (χ1n) is 11.0. The number of esters is 1. The van der Waals surface area contributed by atoms with Gasteiger partial charge < -0.3 is 19.5 Å². The highest BCUT2D eigenvalue weighted by atomic mass is 35.5. The standard InChI is InChI=1S/C26H19Cl3N4O3/c1-2-36-26(35)15-4-3-5-19(12-15)32-14-33(18-9-6-16(27)7-10-18)24-22(32)25(34)31-23(30-24)20-11-8-17(28)13-21(20)29/h3-13H,2,14H2,1H3,(H,30,31,34). The number of nitrogens with zero attached hydrogens (tertiary/aromatic N) is 3. The lowest BCUT2D eigenvalue weighted by Crippen LogP contribution is -2.26. The first-order valence-corrected chi connectivity index (χ1v) is 12.2. The Morgan fingerprint density at radius 3 is 2.44 bits per heavy atom. The quantitative estimate of drug-likeness (QED) is 0.279. The minimum Gasteiger partial charge on any atom is -0.462 e. The number of fused-ring (bicyclic) bond motifs is 1. The average Bonchev–Trinajstić information content (AvgIpc) is 3.25. The summed E-state index contributed by atoms with van der Waals surface area (Å²) in [7, 11) is 0. The van der Waals surface area contributed by atoms with Crippen molar-refractivity contribution in [1.82, 2.24) is 9.97 Å². The van der Waals surface area contributed by atoms with Gasteiger partial charge in [0.15, 0.2) is 11.5 Å². The van der Waals surface area contributed by atoms with E-state index in [2.05, 4.69) is 4.98 Å². The van der Waals surface area contributed by atoms with E-state index < -0.39 is 5.97 Å². The molecule has 0 radical (unpaired) electrons. The Balaban J connectivity index is 1.66. The molecule has 0 atom stereocenters. The number of halogens is 3. The molecular formula is C26H19Cl3N4O3. The van der Waals surface area contributed by atoms with E-state index in [0.29, 0.717) is 49.2 Å². The lowest BCUT2D eigenvalue weighted by Gasteiger charge is -2.21. The van der Waals surface area contributed by atoms with Crippen LogP contribution in [-0.4, -0.2) is 29.2 Å². The number of hydrogen-bond donors (Lipinski definition) is 1. The van der Waals surface area contributed by atoms with E-state index in [9.17, 15) is 9.59 Å². The van der Waals surface area contributed by atoms with Crippen LogP contribution < -0.4 is 15.4 Å². The fourth-order valence-electron chi connectivity index (χ4n) is 4.03. The second-order valence-electron chi connectivity index (χ2n) is 7.96. The Morgan fingerprint density at radius 2 is 1.72 bits per heavy atom. The second-order valence-corrected chi connectivity index (χ2v) is 9.24. The molecule has 0 saturated carbocycles. The Hall–Kier alpha value is -3.52. The van der Waals surface area contributed by atoms with Gasteiger partial charge in [0.2, 0.25) is 0 Å². The number of carbonyl (C=O) groups is 1. The minimum atomic E-state index is -0.437. The molecule has 7 nitrogen and oxygen atoms in total. The third-order valence-electron chi connectivity index (χ3n) is 5.68. The number of aromatic amines is 1. The zero-order valence-corrected chi connectivity index (χ0v) is 21.2. The molecule has 0 bridgehead atoms. The molecule has 0 unspecified atom stereocenters. The van der Waals surface area contributed by atoms with Crippen molar-refractivity contribution in [3.8, 4) is 11.4 Å². The molecule has 2 heterocycles. The molecule has 1 aliphatic heterocycles. The van der Waals surface area contributed by atoms with Crippen LogP contribution in [0.1, 0.15) is 17.3 Å². The summed E-state index contributed by atoms with van der Waals surface area (Å²) >= 11 is 18.6. The Kier molecular flexibility index (Phi) is 6.62. The van der Waals surface area contributed by atoms with Crippen molar-refractivity contribution in [2.24, 2.45) is 0 Å². The van der Waals surface area contributed by atoms with Gasteiger partial charge in [-0.2, -0.15) is 0 Å². The van der Waals surface area contributed by atoms with E-state index in [1.165, 1.54) is 0 Å². The Bertz CT molecular complexity index is 1520. The minimum absolute atomic E-state index is 0.263. The van der Waals surface area contributed by atoms with Gasteiger partial charge >= 0.3 is 5.97 Å². The van der Waals surface area contributed by atoms with E-state index in [1.807, 2.05) is 23.1 Å². The number of nitrogens with one attached hydrogen (secondary N) is 1. The molecule has 0 aliphatic carbocycles. The summed E-state index contributed by atoms with van der Waals surface area (Å²) < 4.78 is 5.14. The number of anilines is 4. The monoisotopic (exact) mass is 540 g/mol. The fourth-order valence-corrected chi connectivity index (χ4v) is 4.65. The topological polar surface area (TPSA) is 78.5 Å². The first-order chi connectivity index (χ1) is 17.4. The molecule has 5 rings (SSSR count). The van der Waals surface area contributed by atoms with E-state index in [-0.39, 0.29) is 18.8 Å². The van der Waals surface area contributed by atoms with Gasteiger partial charge in [0.25, 0.3) is 5.56 Å². The van der Waals surface area contributed by atoms with Gasteiger partial charge in [-0.05, 0) is 67.6 Å². The smallest absolute Gasteiger partial charge is 0.338 e. The van der Waals surface area contributed by atoms with Gasteiger partial charge in [-0.15, -0.1) is 0 Å². The number of carbonyl (C=O) groups excluding carboxylic acids is 1. The third kappa shape index (κ3) is 4.53. The van der Waals surface area contributed by atoms with Gasteiger partial charge in [-0.25, -0.2) is 9.78 Å². The maximum Gasteiger partial charge on any atom is 0.338 e. The number of benzene rings is 3. The Labute approximate surface area is 221 Å². The number of ether oxygens (including phenoxy) is 1. The van der Waals surface area contributed by atoms with Crippen LogP contribution in [0, 0.1) is 0 Å². The van der Waals surface area contributed by atoms with Crippen molar-refractivity contribution < 1.29 is 9.53 Å². The molecule has 4 aromatic rings. The molecule has 10 heteroatoms. The maximum absolute atomic E-state index is 13.5. The van der Waals surface area contributed by atoms with Crippen LogP contribution in [0.4, 0.5) is 22.9 Å². The molecule has 1 aromatic heterocycles. The van der Waals surface area contributed by atoms with Crippen LogP contribution in [0.2, 0.25) is 15.1 Å². The van der Waals surface area contributed by atoms with Crippen molar-refractivity contribution in [3.05, 3.63) is 97.7 Å².